The van der Waals surface area contributed by atoms with E-state index in [1.54, 1.807) is 0 Å². The van der Waals surface area contributed by atoms with Crippen LogP contribution in [0.4, 0.5) is 4.79 Å². The third-order valence-corrected chi connectivity index (χ3v) is 1.20. The fraction of sp³-hybridized carbons (Fsp3) is 0.200. The highest BCUT2D eigenvalue weighted by atomic mass is 16.1. The van der Waals surface area contributed by atoms with Gasteiger partial charge in [-0.15, -0.1) is 10.2 Å². The van der Waals surface area contributed by atoms with Crippen molar-refractivity contribution >= 4 is 13.7 Å². The van der Waals surface area contributed by atoms with Crippen LogP contribution in [0.25, 0.3) is 0 Å². The Balaban J connectivity index is 2.70. The van der Waals surface area contributed by atoms with E-state index in [4.69, 9.17) is 0 Å². The molecule has 0 atom stereocenters. The number of amides is 1. The average molecular weight is 166 g/mol. The van der Waals surface area contributed by atoms with Gasteiger partial charge >= 0.3 is 0 Å². The molecule has 6 nitrogen and oxygen atoms in total. The Hall–Kier alpha value is -1.66. The van der Waals surface area contributed by atoms with Crippen LogP contribution in [0.5, 0.6) is 0 Å². The van der Waals surface area contributed by atoms with Crippen LogP contribution in [-0.2, 0) is 6.54 Å². The van der Waals surface area contributed by atoms with Crippen LogP contribution in [0.2, 0.25) is 0 Å². The number of nitrogens with one attached hydrogen (secondary N) is 2. The monoisotopic (exact) mass is 166 g/mol. The first-order chi connectivity index (χ1) is 5.70. The SMILES string of the molecule is BC(=O)NCc1nnc[nH]c1=O. The number of H-pyrrole nitrogens is 1. The predicted molar refractivity (Wildman–Crippen MR) is 43.4 cm³/mol. The molecule has 0 fully saturated rings. The second-order valence-electron chi connectivity index (χ2n) is 2.17. The van der Waals surface area contributed by atoms with Crippen molar-refractivity contribution in [2.75, 3.05) is 0 Å². The summed E-state index contributed by atoms with van der Waals surface area (Å²) in [5.41, 5.74) is -0.133. The average Bonchev–Trinajstić information content (AvgIpc) is 2.03. The Morgan fingerprint density at radius 1 is 1.75 bits per heavy atom. The van der Waals surface area contributed by atoms with Crippen molar-refractivity contribution in [1.82, 2.24) is 20.5 Å². The maximum Gasteiger partial charge on any atom is 0.274 e. The number of hydrogen-bond donors (Lipinski definition) is 2. The molecular weight excluding hydrogens is 159 g/mol. The summed E-state index contributed by atoms with van der Waals surface area (Å²) in [5, 5.41) is 9.45. The first kappa shape index (κ1) is 8.44. The van der Waals surface area contributed by atoms with E-state index in [-0.39, 0.29) is 23.6 Å². The Labute approximate surface area is 68.8 Å². The molecule has 62 valence electrons. The lowest BCUT2D eigenvalue weighted by atomic mass is 10.1. The molecule has 0 radical (unpaired) electrons. The van der Waals surface area contributed by atoms with Gasteiger partial charge in [0, 0.05) is 0 Å². The largest absolute Gasteiger partial charge is 0.359 e. The van der Waals surface area contributed by atoms with Crippen molar-refractivity contribution < 1.29 is 4.79 Å². The quantitative estimate of drug-likeness (QED) is 0.497. The Morgan fingerprint density at radius 3 is 3.08 bits per heavy atom. The van der Waals surface area contributed by atoms with Crippen molar-refractivity contribution in [2.45, 2.75) is 6.54 Å². The van der Waals surface area contributed by atoms with Gasteiger partial charge in [0.1, 0.15) is 12.0 Å². The zero-order chi connectivity index (χ0) is 8.97. The molecule has 1 aromatic heterocycles. The number of aromatic nitrogens is 3. The number of carbonyl (C=O) groups is 1. The summed E-state index contributed by atoms with van der Waals surface area (Å²) in [6, 6.07) is 0. The first-order valence-corrected chi connectivity index (χ1v) is 3.34. The van der Waals surface area contributed by atoms with Crippen molar-refractivity contribution in [3.63, 3.8) is 0 Å². The van der Waals surface area contributed by atoms with Crippen LogP contribution in [-0.4, -0.2) is 28.8 Å². The lowest BCUT2D eigenvalue weighted by Crippen LogP contribution is -2.26. The smallest absolute Gasteiger partial charge is 0.274 e. The standard InChI is InChI=1S/C5H7BN4O2/c6-5(12)7-1-3-4(11)8-2-9-10-3/h2H,1,6H2,(H,7,12)(H,8,9,11). The first-order valence-electron chi connectivity index (χ1n) is 3.34. The Bertz CT molecular complexity index is 336. The van der Waals surface area contributed by atoms with E-state index in [0.29, 0.717) is 0 Å². The molecular formula is C5H7BN4O2. The molecule has 0 bridgehead atoms. The minimum absolute atomic E-state index is 0.110. The third-order valence-electron chi connectivity index (χ3n) is 1.20. The molecule has 1 amide bonds. The fourth-order valence-electron chi connectivity index (χ4n) is 0.639. The number of rotatable bonds is 2. The van der Waals surface area contributed by atoms with Crippen LogP contribution in [0.3, 0.4) is 0 Å². The van der Waals surface area contributed by atoms with Crippen molar-refractivity contribution in [1.29, 1.82) is 0 Å². The zero-order valence-electron chi connectivity index (χ0n) is 6.50. The summed E-state index contributed by atoms with van der Waals surface area (Å²) in [5.74, 6) is -0.208. The molecule has 0 saturated heterocycles. The summed E-state index contributed by atoms with van der Waals surface area (Å²) < 4.78 is 0. The highest BCUT2D eigenvalue weighted by molar-refractivity contribution is 6.57. The van der Waals surface area contributed by atoms with E-state index in [1.807, 2.05) is 0 Å². The van der Waals surface area contributed by atoms with Gasteiger partial charge in [-0.1, -0.05) is 0 Å². The van der Waals surface area contributed by atoms with Crippen molar-refractivity contribution in [3.05, 3.63) is 22.4 Å². The Morgan fingerprint density at radius 2 is 2.50 bits per heavy atom. The van der Waals surface area contributed by atoms with Gasteiger partial charge in [0.05, 0.1) is 6.54 Å². The van der Waals surface area contributed by atoms with Gasteiger partial charge in [-0.3, -0.25) is 9.59 Å². The molecule has 2 N–H and O–H groups in total. The summed E-state index contributed by atoms with van der Waals surface area (Å²) in [7, 11) is 1.37. The van der Waals surface area contributed by atoms with E-state index in [1.165, 1.54) is 14.2 Å². The van der Waals surface area contributed by atoms with Crippen molar-refractivity contribution in [3.8, 4) is 0 Å². The van der Waals surface area contributed by atoms with E-state index < -0.39 is 0 Å². The van der Waals surface area contributed by atoms with Gasteiger partial charge < -0.3 is 10.3 Å². The number of aromatic amines is 1. The minimum atomic E-state index is -0.334. The van der Waals surface area contributed by atoms with Gasteiger partial charge in [0.15, 0.2) is 5.81 Å². The molecule has 0 aromatic carbocycles. The lowest BCUT2D eigenvalue weighted by Gasteiger charge is -1.97. The Kier molecular flexibility index (Phi) is 2.57. The molecule has 0 aliphatic heterocycles. The van der Waals surface area contributed by atoms with Gasteiger partial charge in [-0.25, -0.2) is 0 Å². The van der Waals surface area contributed by atoms with Gasteiger partial charge in [-0.2, -0.15) is 0 Å². The van der Waals surface area contributed by atoms with Crippen LogP contribution < -0.4 is 10.9 Å². The lowest BCUT2D eigenvalue weighted by molar-refractivity contribution is 0.259. The molecule has 0 spiro atoms. The van der Waals surface area contributed by atoms with Crippen LogP contribution in [0.1, 0.15) is 5.69 Å². The van der Waals surface area contributed by atoms with E-state index in [9.17, 15) is 9.59 Å². The second-order valence-corrected chi connectivity index (χ2v) is 2.17. The molecule has 0 saturated carbocycles. The molecule has 12 heavy (non-hydrogen) atoms. The highest BCUT2D eigenvalue weighted by Gasteiger charge is 2.00. The fourth-order valence-corrected chi connectivity index (χ4v) is 0.639. The third kappa shape index (κ3) is 2.19. The summed E-state index contributed by atoms with van der Waals surface area (Å²) in [4.78, 5) is 23.7. The van der Waals surface area contributed by atoms with Gasteiger partial charge in [0.2, 0.25) is 7.85 Å². The van der Waals surface area contributed by atoms with Gasteiger partial charge in [0.25, 0.3) is 5.56 Å². The summed E-state index contributed by atoms with van der Waals surface area (Å²) in [6.45, 7) is 0.110. The number of carbonyl (C=O) groups excluding carboxylic acids is 1. The van der Waals surface area contributed by atoms with Crippen LogP contribution >= 0.6 is 0 Å². The number of nitrogens with zero attached hydrogens (tertiary/aromatic N) is 2. The van der Waals surface area contributed by atoms with E-state index in [0.717, 1.165) is 0 Å². The maximum atomic E-state index is 10.9. The molecule has 7 heteroatoms. The van der Waals surface area contributed by atoms with Crippen LogP contribution in [0, 0.1) is 0 Å². The second kappa shape index (κ2) is 3.65. The normalized spacial score (nSPS) is 9.33. The zero-order valence-corrected chi connectivity index (χ0v) is 6.50. The van der Waals surface area contributed by atoms with Crippen molar-refractivity contribution in [2.24, 2.45) is 0 Å². The molecule has 1 rings (SSSR count). The molecule has 0 aliphatic carbocycles. The topological polar surface area (TPSA) is 87.7 Å². The molecule has 0 unspecified atom stereocenters. The molecule has 1 aromatic rings. The maximum absolute atomic E-state index is 10.9. The summed E-state index contributed by atoms with van der Waals surface area (Å²) >= 11 is 0. The summed E-state index contributed by atoms with van der Waals surface area (Å²) in [6.07, 6.45) is 1.19. The van der Waals surface area contributed by atoms with Gasteiger partial charge in [-0.05, 0) is 0 Å². The predicted octanol–water partition coefficient (Wildman–Crippen LogP) is -1.99. The number of hydrogen-bond acceptors (Lipinski definition) is 4. The van der Waals surface area contributed by atoms with E-state index >= 15 is 0 Å². The minimum Gasteiger partial charge on any atom is -0.359 e. The van der Waals surface area contributed by atoms with E-state index in [2.05, 4.69) is 20.5 Å². The van der Waals surface area contributed by atoms with Crippen LogP contribution in [0.15, 0.2) is 11.1 Å². The molecule has 0 aliphatic rings. The highest BCUT2D eigenvalue weighted by Crippen LogP contribution is 1.78. The molecule has 1 heterocycles.